The van der Waals surface area contributed by atoms with Gasteiger partial charge in [0, 0.05) is 18.2 Å². The molecular formula is C24H20FN. The first-order valence-corrected chi connectivity index (χ1v) is 9.53. The van der Waals surface area contributed by atoms with Crippen molar-refractivity contribution in [3.8, 4) is 0 Å². The van der Waals surface area contributed by atoms with Crippen molar-refractivity contribution < 1.29 is 4.39 Å². The summed E-state index contributed by atoms with van der Waals surface area (Å²) in [5.41, 5.74) is 8.12. The molecule has 3 aliphatic rings. The second-order valence-corrected chi connectivity index (χ2v) is 7.85. The van der Waals surface area contributed by atoms with Gasteiger partial charge in [0.15, 0.2) is 0 Å². The Hall–Kier alpha value is -2.61. The Labute approximate surface area is 153 Å². The highest BCUT2D eigenvalue weighted by molar-refractivity contribution is 5.66. The summed E-state index contributed by atoms with van der Waals surface area (Å²) in [5.74, 6) is 0.668. The summed E-state index contributed by atoms with van der Waals surface area (Å²) in [6.07, 6.45) is 2.28. The molecule has 128 valence electrons. The second-order valence-electron chi connectivity index (χ2n) is 7.85. The van der Waals surface area contributed by atoms with Crippen LogP contribution in [0.25, 0.3) is 0 Å². The summed E-state index contributed by atoms with van der Waals surface area (Å²) >= 11 is 0. The summed E-state index contributed by atoms with van der Waals surface area (Å²) in [7, 11) is 0. The van der Waals surface area contributed by atoms with Crippen LogP contribution in [0.3, 0.4) is 0 Å². The molecule has 0 unspecified atom stereocenters. The molecule has 0 N–H and O–H groups in total. The number of rotatable bonds is 0. The lowest BCUT2D eigenvalue weighted by Crippen LogP contribution is -2.39. The van der Waals surface area contributed by atoms with E-state index in [1.54, 1.807) is 12.1 Å². The van der Waals surface area contributed by atoms with E-state index in [4.69, 9.17) is 0 Å². The minimum absolute atomic E-state index is 0.124. The van der Waals surface area contributed by atoms with Crippen molar-refractivity contribution in [2.75, 3.05) is 4.90 Å². The SMILES string of the molecule is Fc1ccc2c(c1)[C@H]1c3ccccc3CC[C@H]1[C@@H]1c3ccccc3CN21. The Balaban J connectivity index is 1.63. The Morgan fingerprint density at radius 3 is 2.46 bits per heavy atom. The molecule has 0 bridgehead atoms. The topological polar surface area (TPSA) is 3.24 Å². The zero-order chi connectivity index (χ0) is 17.3. The van der Waals surface area contributed by atoms with Gasteiger partial charge in [0.2, 0.25) is 0 Å². The molecule has 6 rings (SSSR count). The highest BCUT2D eigenvalue weighted by Gasteiger charge is 2.47. The maximum atomic E-state index is 14.2. The van der Waals surface area contributed by atoms with E-state index in [0.717, 1.165) is 19.4 Å². The summed E-state index contributed by atoms with van der Waals surface area (Å²) < 4.78 is 14.2. The van der Waals surface area contributed by atoms with Gasteiger partial charge in [0.1, 0.15) is 5.82 Å². The van der Waals surface area contributed by atoms with Crippen molar-refractivity contribution >= 4 is 5.69 Å². The zero-order valence-corrected chi connectivity index (χ0v) is 14.5. The smallest absolute Gasteiger partial charge is 0.123 e. The van der Waals surface area contributed by atoms with Crippen LogP contribution in [-0.4, -0.2) is 0 Å². The monoisotopic (exact) mass is 341 g/mol. The molecular weight excluding hydrogens is 321 g/mol. The molecule has 0 saturated carbocycles. The highest BCUT2D eigenvalue weighted by atomic mass is 19.1. The predicted octanol–water partition coefficient (Wildman–Crippen LogP) is 5.59. The van der Waals surface area contributed by atoms with Crippen LogP contribution in [0.2, 0.25) is 0 Å². The van der Waals surface area contributed by atoms with E-state index in [-0.39, 0.29) is 11.7 Å². The van der Waals surface area contributed by atoms with Crippen LogP contribution in [0.15, 0.2) is 66.7 Å². The van der Waals surface area contributed by atoms with Crippen molar-refractivity contribution in [1.82, 2.24) is 0 Å². The van der Waals surface area contributed by atoms with Gasteiger partial charge in [0.05, 0.1) is 6.04 Å². The quantitative estimate of drug-likeness (QED) is 0.515. The number of aryl methyl sites for hydroxylation is 1. The van der Waals surface area contributed by atoms with Crippen LogP contribution < -0.4 is 4.90 Å². The van der Waals surface area contributed by atoms with Crippen molar-refractivity contribution in [3.63, 3.8) is 0 Å². The lowest BCUT2D eigenvalue weighted by molar-refractivity contribution is 0.320. The number of anilines is 1. The molecule has 0 aromatic heterocycles. The maximum Gasteiger partial charge on any atom is 0.123 e. The number of benzene rings is 3. The zero-order valence-electron chi connectivity index (χ0n) is 14.5. The van der Waals surface area contributed by atoms with E-state index >= 15 is 0 Å². The van der Waals surface area contributed by atoms with Gasteiger partial charge in [0.25, 0.3) is 0 Å². The average Bonchev–Trinajstić information content (AvgIpc) is 3.07. The third kappa shape index (κ3) is 1.85. The van der Waals surface area contributed by atoms with E-state index in [2.05, 4.69) is 53.4 Å². The van der Waals surface area contributed by atoms with Gasteiger partial charge >= 0.3 is 0 Å². The van der Waals surface area contributed by atoms with Crippen molar-refractivity contribution in [1.29, 1.82) is 0 Å². The third-order valence-electron chi connectivity index (χ3n) is 6.66. The minimum Gasteiger partial charge on any atom is -0.360 e. The molecule has 2 heteroatoms. The first kappa shape index (κ1) is 14.5. The number of fused-ring (bicyclic) bond motifs is 10. The summed E-state index contributed by atoms with van der Waals surface area (Å²) in [6, 6.07) is 23.4. The van der Waals surface area contributed by atoms with E-state index in [9.17, 15) is 4.39 Å². The normalized spacial score (nSPS) is 25.0. The van der Waals surface area contributed by atoms with Gasteiger partial charge in [-0.25, -0.2) is 4.39 Å². The van der Waals surface area contributed by atoms with Crippen molar-refractivity contribution in [2.24, 2.45) is 5.92 Å². The molecule has 0 fully saturated rings. The molecule has 26 heavy (non-hydrogen) atoms. The largest absolute Gasteiger partial charge is 0.360 e. The Morgan fingerprint density at radius 2 is 1.58 bits per heavy atom. The Bertz CT molecular complexity index is 1020. The highest BCUT2D eigenvalue weighted by Crippen LogP contribution is 2.58. The first-order valence-electron chi connectivity index (χ1n) is 9.53. The van der Waals surface area contributed by atoms with Crippen LogP contribution in [0.1, 0.15) is 46.2 Å². The van der Waals surface area contributed by atoms with Crippen LogP contribution in [0.5, 0.6) is 0 Å². The number of hydrogen-bond donors (Lipinski definition) is 0. The second kappa shape index (κ2) is 5.20. The molecule has 1 aliphatic carbocycles. The van der Waals surface area contributed by atoms with Gasteiger partial charge in [-0.05, 0) is 64.8 Å². The average molecular weight is 341 g/mol. The van der Waals surface area contributed by atoms with Crippen LogP contribution in [0.4, 0.5) is 10.1 Å². The molecule has 2 heterocycles. The summed E-state index contributed by atoms with van der Waals surface area (Å²) in [5, 5.41) is 0. The minimum atomic E-state index is -0.124. The fourth-order valence-electron chi connectivity index (χ4n) is 5.67. The van der Waals surface area contributed by atoms with Gasteiger partial charge in [-0.3, -0.25) is 0 Å². The van der Waals surface area contributed by atoms with E-state index in [1.165, 1.54) is 33.5 Å². The van der Waals surface area contributed by atoms with Crippen molar-refractivity contribution in [2.45, 2.75) is 31.3 Å². The number of halogens is 1. The molecule has 0 spiro atoms. The molecule has 0 saturated heterocycles. The molecule has 3 aromatic carbocycles. The Kier molecular flexibility index (Phi) is 2.91. The fourth-order valence-corrected chi connectivity index (χ4v) is 5.67. The van der Waals surface area contributed by atoms with Crippen molar-refractivity contribution in [3.05, 3.63) is 100 Å². The maximum absolute atomic E-state index is 14.2. The summed E-state index contributed by atoms with van der Waals surface area (Å²) in [6.45, 7) is 0.935. The van der Waals surface area contributed by atoms with Crippen LogP contribution >= 0.6 is 0 Å². The molecule has 2 aliphatic heterocycles. The first-order chi connectivity index (χ1) is 12.8. The molecule has 3 aromatic rings. The van der Waals surface area contributed by atoms with Gasteiger partial charge in [-0.15, -0.1) is 0 Å². The molecule has 0 amide bonds. The fraction of sp³-hybridized carbons (Fsp3) is 0.250. The van der Waals surface area contributed by atoms with E-state index < -0.39 is 0 Å². The van der Waals surface area contributed by atoms with Gasteiger partial charge < -0.3 is 4.90 Å². The molecule has 3 atom stereocenters. The Morgan fingerprint density at radius 1 is 0.808 bits per heavy atom. The van der Waals surface area contributed by atoms with Gasteiger partial charge in [-0.1, -0.05) is 48.5 Å². The number of hydrogen-bond acceptors (Lipinski definition) is 1. The summed E-state index contributed by atoms with van der Waals surface area (Å²) in [4.78, 5) is 2.52. The predicted molar refractivity (Wildman–Crippen MR) is 102 cm³/mol. The van der Waals surface area contributed by atoms with E-state index in [1.807, 2.05) is 6.07 Å². The molecule has 1 nitrogen and oxygen atoms in total. The molecule has 0 radical (unpaired) electrons. The lowest BCUT2D eigenvalue weighted by Gasteiger charge is -2.47. The van der Waals surface area contributed by atoms with Gasteiger partial charge in [-0.2, -0.15) is 0 Å². The van der Waals surface area contributed by atoms with Crippen LogP contribution in [-0.2, 0) is 13.0 Å². The third-order valence-corrected chi connectivity index (χ3v) is 6.66. The van der Waals surface area contributed by atoms with E-state index in [0.29, 0.717) is 12.0 Å². The number of nitrogens with zero attached hydrogens (tertiary/aromatic N) is 1. The standard InChI is InChI=1S/C24H20FN/c25-17-10-12-22-21(13-17)23-18-7-3-1-5-15(18)9-11-20(23)24-19-8-4-2-6-16(19)14-26(22)24/h1-8,10,12-13,20,23-24H,9,11,14H2/t20-,23+,24+/m1/s1. The van der Waals surface area contributed by atoms with Crippen LogP contribution in [0, 0.1) is 11.7 Å². The lowest BCUT2D eigenvalue weighted by atomic mass is 9.65.